The quantitative estimate of drug-likeness (QED) is 0.737. The second-order valence-corrected chi connectivity index (χ2v) is 6.98. The van der Waals surface area contributed by atoms with Crippen molar-refractivity contribution in [2.24, 2.45) is 0 Å². The first kappa shape index (κ1) is 16.6. The van der Waals surface area contributed by atoms with Crippen LogP contribution in [0.5, 0.6) is 11.5 Å². The van der Waals surface area contributed by atoms with Crippen LogP contribution in [0.2, 0.25) is 0 Å². The highest BCUT2D eigenvalue weighted by atomic mass is 32.1. The number of rotatable bonds is 4. The van der Waals surface area contributed by atoms with Crippen molar-refractivity contribution in [3.05, 3.63) is 53.0 Å². The Morgan fingerprint density at radius 3 is 2.85 bits per heavy atom. The number of ether oxygens (including phenoxy) is 2. The first-order valence-electron chi connectivity index (χ1n) is 8.37. The van der Waals surface area contributed by atoms with Crippen LogP contribution >= 0.6 is 11.3 Å². The second-order valence-electron chi connectivity index (χ2n) is 5.95. The van der Waals surface area contributed by atoms with E-state index in [-0.39, 0.29) is 6.42 Å². The fourth-order valence-electron chi connectivity index (χ4n) is 2.88. The number of nitrogens with zero attached hydrogens (tertiary/aromatic N) is 1. The van der Waals surface area contributed by atoms with E-state index in [2.05, 4.69) is 4.98 Å². The average Bonchev–Trinajstić information content (AvgIpc) is 2.91. The minimum atomic E-state index is -0.894. The van der Waals surface area contributed by atoms with Crippen LogP contribution < -0.4 is 9.47 Å². The summed E-state index contributed by atoms with van der Waals surface area (Å²) in [5, 5.41) is 10.1. The first-order valence-corrected chi connectivity index (χ1v) is 9.19. The van der Waals surface area contributed by atoms with E-state index >= 15 is 0 Å². The van der Waals surface area contributed by atoms with Gasteiger partial charge in [0.25, 0.3) is 0 Å². The van der Waals surface area contributed by atoms with Crippen molar-refractivity contribution in [1.29, 1.82) is 0 Å². The molecule has 0 atom stereocenters. The van der Waals surface area contributed by atoms with Crippen molar-refractivity contribution in [3.63, 3.8) is 0 Å². The van der Waals surface area contributed by atoms with Gasteiger partial charge in [-0.15, -0.1) is 11.3 Å². The first-order chi connectivity index (χ1) is 12.7. The molecule has 1 aromatic heterocycles. The zero-order chi connectivity index (χ0) is 17.9. The Hall–Kier alpha value is -2.86. The van der Waals surface area contributed by atoms with E-state index < -0.39 is 5.97 Å². The van der Waals surface area contributed by atoms with Gasteiger partial charge in [-0.1, -0.05) is 24.3 Å². The third-order valence-corrected chi connectivity index (χ3v) is 5.15. The van der Waals surface area contributed by atoms with Gasteiger partial charge in [0.15, 0.2) is 11.5 Å². The number of aliphatic carboxylic acids is 1. The van der Waals surface area contributed by atoms with Crippen molar-refractivity contribution in [3.8, 4) is 11.5 Å². The van der Waals surface area contributed by atoms with E-state index in [4.69, 9.17) is 9.47 Å². The number of hydrogen-bond acceptors (Lipinski definition) is 5. The Kier molecular flexibility index (Phi) is 4.58. The fourth-order valence-corrected chi connectivity index (χ4v) is 3.86. The molecule has 0 aliphatic carbocycles. The van der Waals surface area contributed by atoms with Gasteiger partial charge in [-0.05, 0) is 29.8 Å². The van der Waals surface area contributed by atoms with Crippen LogP contribution in [0.3, 0.4) is 0 Å². The smallest absolute Gasteiger partial charge is 0.307 e. The average molecular weight is 367 g/mol. The number of benzene rings is 2. The summed E-state index contributed by atoms with van der Waals surface area (Å²) in [6.07, 6.45) is 2.56. The molecule has 0 radical (unpaired) electrons. The highest BCUT2D eigenvalue weighted by Crippen LogP contribution is 2.37. The molecular formula is C20H17NO4S. The zero-order valence-corrected chi connectivity index (χ0v) is 14.8. The monoisotopic (exact) mass is 367 g/mol. The molecular weight excluding hydrogens is 350 g/mol. The third kappa shape index (κ3) is 3.41. The second kappa shape index (κ2) is 7.17. The van der Waals surface area contributed by atoms with Crippen LogP contribution in [0.15, 0.2) is 42.5 Å². The Bertz CT molecular complexity index is 959. The van der Waals surface area contributed by atoms with E-state index in [1.165, 1.54) is 11.3 Å². The maximum Gasteiger partial charge on any atom is 0.307 e. The van der Waals surface area contributed by atoms with E-state index in [0.29, 0.717) is 35.3 Å². The predicted octanol–water partition coefficient (Wildman–Crippen LogP) is 4.47. The van der Waals surface area contributed by atoms with E-state index in [9.17, 15) is 9.90 Å². The van der Waals surface area contributed by atoms with Crippen LogP contribution in [-0.4, -0.2) is 29.3 Å². The van der Waals surface area contributed by atoms with Crippen molar-refractivity contribution in [2.45, 2.75) is 12.8 Å². The maximum atomic E-state index is 11.4. The topological polar surface area (TPSA) is 68.7 Å². The van der Waals surface area contributed by atoms with Gasteiger partial charge in [-0.2, -0.15) is 0 Å². The lowest BCUT2D eigenvalue weighted by Crippen LogP contribution is -1.99. The predicted molar refractivity (Wildman–Crippen MR) is 102 cm³/mol. The lowest BCUT2D eigenvalue weighted by Gasteiger charge is -2.11. The number of aromatic nitrogens is 1. The lowest BCUT2D eigenvalue weighted by molar-refractivity contribution is -0.135. The summed E-state index contributed by atoms with van der Waals surface area (Å²) in [4.78, 5) is 16.0. The molecule has 3 aromatic rings. The van der Waals surface area contributed by atoms with Crippen molar-refractivity contribution in [1.82, 2.24) is 4.98 Å². The van der Waals surface area contributed by atoms with Gasteiger partial charge in [0.05, 0.1) is 29.9 Å². The van der Waals surface area contributed by atoms with Gasteiger partial charge >= 0.3 is 5.97 Å². The Labute approximate surface area is 154 Å². The molecule has 2 heterocycles. The highest BCUT2D eigenvalue weighted by Gasteiger charge is 2.17. The van der Waals surface area contributed by atoms with Crippen molar-refractivity contribution < 1.29 is 19.4 Å². The van der Waals surface area contributed by atoms with Gasteiger partial charge in [-0.25, -0.2) is 4.98 Å². The minimum absolute atomic E-state index is 0.107. The molecule has 1 aliphatic heterocycles. The summed E-state index contributed by atoms with van der Waals surface area (Å²) in [5.74, 6) is 0.457. The molecule has 2 aromatic carbocycles. The molecule has 26 heavy (non-hydrogen) atoms. The molecule has 6 heteroatoms. The van der Waals surface area contributed by atoms with Gasteiger partial charge < -0.3 is 14.6 Å². The molecule has 4 rings (SSSR count). The third-order valence-electron chi connectivity index (χ3n) is 4.04. The summed E-state index contributed by atoms with van der Waals surface area (Å²) in [6.45, 7) is 1.19. The zero-order valence-electron chi connectivity index (χ0n) is 14.0. The number of para-hydroxylation sites is 2. The number of thiazole rings is 1. The maximum absolute atomic E-state index is 11.4. The summed E-state index contributed by atoms with van der Waals surface area (Å²) < 4.78 is 12.6. The summed E-state index contributed by atoms with van der Waals surface area (Å²) in [6, 6.07) is 13.5. The SMILES string of the molecule is O=C(O)C/C(=C/c1cccc2c1OCCCO2)c1nc2ccccc2s1. The lowest BCUT2D eigenvalue weighted by atomic mass is 10.1. The summed E-state index contributed by atoms with van der Waals surface area (Å²) in [7, 11) is 0. The molecule has 1 N–H and O–H groups in total. The molecule has 0 unspecified atom stereocenters. The van der Waals surface area contributed by atoms with E-state index in [1.54, 1.807) is 0 Å². The number of carboxylic acid groups (broad SMARTS) is 1. The Morgan fingerprint density at radius 2 is 2.00 bits per heavy atom. The van der Waals surface area contributed by atoms with Crippen LogP contribution in [0.25, 0.3) is 21.9 Å². The number of carboxylic acids is 1. The molecule has 0 spiro atoms. The number of fused-ring (bicyclic) bond motifs is 2. The van der Waals surface area contributed by atoms with Gasteiger partial charge in [-0.3, -0.25) is 4.79 Å². The molecule has 0 saturated heterocycles. The Balaban J connectivity index is 1.81. The standard InChI is InChI=1S/C20H17NO4S/c22-18(23)12-14(20-21-15-6-1-2-8-17(15)26-20)11-13-5-3-7-16-19(13)25-10-4-9-24-16/h1-3,5-8,11H,4,9-10,12H2,(H,22,23)/b14-11-. The van der Waals surface area contributed by atoms with Gasteiger partial charge in [0.2, 0.25) is 0 Å². The normalized spacial score (nSPS) is 14.2. The molecule has 5 nitrogen and oxygen atoms in total. The summed E-state index contributed by atoms with van der Waals surface area (Å²) in [5.41, 5.74) is 2.33. The summed E-state index contributed by atoms with van der Waals surface area (Å²) >= 11 is 1.49. The van der Waals surface area contributed by atoms with Crippen molar-refractivity contribution in [2.75, 3.05) is 13.2 Å². The molecule has 0 saturated carbocycles. The van der Waals surface area contributed by atoms with Crippen LogP contribution in [0.1, 0.15) is 23.4 Å². The molecule has 0 amide bonds. The van der Waals surface area contributed by atoms with Gasteiger partial charge in [0.1, 0.15) is 5.01 Å². The highest BCUT2D eigenvalue weighted by molar-refractivity contribution is 7.19. The van der Waals surface area contributed by atoms with Crippen molar-refractivity contribution >= 4 is 39.2 Å². The van der Waals surface area contributed by atoms with E-state index in [0.717, 1.165) is 22.2 Å². The van der Waals surface area contributed by atoms with Gasteiger partial charge in [0, 0.05) is 12.0 Å². The largest absolute Gasteiger partial charge is 0.490 e. The number of carbonyl (C=O) groups is 1. The van der Waals surface area contributed by atoms with E-state index in [1.807, 2.05) is 48.5 Å². The molecule has 1 aliphatic rings. The molecule has 0 bridgehead atoms. The Morgan fingerprint density at radius 1 is 1.15 bits per heavy atom. The molecule has 132 valence electrons. The van der Waals surface area contributed by atoms with Crippen LogP contribution in [0.4, 0.5) is 0 Å². The fraction of sp³-hybridized carbons (Fsp3) is 0.200. The van der Waals surface area contributed by atoms with Crippen LogP contribution in [-0.2, 0) is 4.79 Å². The minimum Gasteiger partial charge on any atom is -0.490 e. The molecule has 0 fully saturated rings. The number of hydrogen-bond donors (Lipinski definition) is 1. The van der Waals surface area contributed by atoms with Crippen LogP contribution in [0, 0.1) is 0 Å².